The van der Waals surface area contributed by atoms with E-state index in [1.165, 1.54) is 6.66 Å². The molecule has 0 spiro atoms. The van der Waals surface area contributed by atoms with Crippen molar-refractivity contribution in [3.8, 4) is 0 Å². The fourth-order valence-corrected chi connectivity index (χ4v) is 1.16. The van der Waals surface area contributed by atoms with Crippen LogP contribution >= 0.6 is 7.37 Å². The van der Waals surface area contributed by atoms with Gasteiger partial charge >= 0.3 is 0 Å². The number of nitrogens with one attached hydrogen (secondary N) is 1. The Balaban J connectivity index is 3.66. The molecule has 0 heterocycles. The Morgan fingerprint density at radius 1 is 1.62 bits per heavy atom. The molecule has 1 amide bonds. The minimum Gasteiger partial charge on any atom is -0.344 e. The van der Waals surface area contributed by atoms with Gasteiger partial charge in [0.2, 0.25) is 7.37 Å². The van der Waals surface area contributed by atoms with Crippen molar-refractivity contribution in [1.29, 1.82) is 0 Å². The zero-order chi connectivity index (χ0) is 10.5. The molecule has 0 saturated heterocycles. The summed E-state index contributed by atoms with van der Waals surface area (Å²) in [6.07, 6.45) is -0.129. The van der Waals surface area contributed by atoms with Crippen LogP contribution in [-0.4, -0.2) is 47.1 Å². The fraction of sp³-hybridized carbons (Fsp3) is 0.833. The Morgan fingerprint density at radius 3 is 2.54 bits per heavy atom. The molecule has 6 nitrogen and oxygen atoms in total. The third-order valence-corrected chi connectivity index (χ3v) is 2.08. The first-order chi connectivity index (χ1) is 5.87. The highest BCUT2D eigenvalue weighted by molar-refractivity contribution is 7.57. The number of carbonyl (C=O) groups is 1. The van der Waals surface area contributed by atoms with Crippen LogP contribution in [0, 0.1) is 0 Å². The van der Waals surface area contributed by atoms with Gasteiger partial charge in [-0.05, 0) is 6.92 Å². The second-order valence-corrected chi connectivity index (χ2v) is 5.16. The summed E-state index contributed by atoms with van der Waals surface area (Å²) in [4.78, 5) is 19.7. The number of carbonyl (C=O) groups excluding carboxylic acids is 1. The Morgan fingerprint density at radius 2 is 2.15 bits per heavy atom. The van der Waals surface area contributed by atoms with Crippen molar-refractivity contribution in [3.63, 3.8) is 0 Å². The lowest BCUT2D eigenvalue weighted by Gasteiger charge is -2.13. The molecule has 1 atom stereocenters. The highest BCUT2D eigenvalue weighted by Crippen LogP contribution is 2.32. The smallest absolute Gasteiger partial charge is 0.259 e. The van der Waals surface area contributed by atoms with Crippen molar-refractivity contribution in [2.75, 3.05) is 26.0 Å². The first kappa shape index (κ1) is 12.6. The van der Waals surface area contributed by atoms with E-state index in [1.807, 2.05) is 0 Å². The van der Waals surface area contributed by atoms with Gasteiger partial charge in [0.25, 0.3) is 5.91 Å². The average Bonchev–Trinajstić information content (AvgIpc) is 2.00. The Kier molecular flexibility index (Phi) is 5.17. The van der Waals surface area contributed by atoms with Crippen LogP contribution in [-0.2, 0) is 9.36 Å². The van der Waals surface area contributed by atoms with Gasteiger partial charge in [-0.2, -0.15) is 0 Å². The van der Waals surface area contributed by atoms with Crippen molar-refractivity contribution in [1.82, 2.24) is 10.4 Å². The molecule has 0 aliphatic carbocycles. The molecule has 78 valence electrons. The van der Waals surface area contributed by atoms with E-state index in [9.17, 15) is 9.36 Å². The van der Waals surface area contributed by atoms with Gasteiger partial charge in [0.1, 0.15) is 0 Å². The molecule has 3 N–H and O–H groups in total. The molecule has 0 aromatic rings. The molecule has 1 unspecified atom stereocenters. The van der Waals surface area contributed by atoms with E-state index in [2.05, 4.69) is 5.32 Å². The molecule has 7 heteroatoms. The number of hydrogen-bond donors (Lipinski definition) is 3. The summed E-state index contributed by atoms with van der Waals surface area (Å²) < 4.78 is 10.7. The molecular weight excluding hydrogens is 195 g/mol. The van der Waals surface area contributed by atoms with Crippen molar-refractivity contribution >= 4 is 13.3 Å². The molecule has 0 aromatic heterocycles. The zero-order valence-corrected chi connectivity index (χ0v) is 8.62. The maximum absolute atomic E-state index is 10.9. The van der Waals surface area contributed by atoms with E-state index < -0.39 is 13.3 Å². The summed E-state index contributed by atoms with van der Waals surface area (Å²) in [5, 5.41) is 11.9. The highest BCUT2D eigenvalue weighted by atomic mass is 31.2. The zero-order valence-electron chi connectivity index (χ0n) is 7.73. The normalized spacial score (nSPS) is 15.1. The Bertz CT molecular complexity index is 215. The molecule has 0 radical (unpaired) electrons. The van der Waals surface area contributed by atoms with Crippen LogP contribution in [0.25, 0.3) is 0 Å². The van der Waals surface area contributed by atoms with Gasteiger partial charge in [0.05, 0.1) is 12.8 Å². The average molecular weight is 210 g/mol. The predicted molar refractivity (Wildman–Crippen MR) is 47.8 cm³/mol. The number of amides is 1. The monoisotopic (exact) mass is 210 g/mol. The molecular formula is C6H15N2O4P. The van der Waals surface area contributed by atoms with E-state index >= 15 is 0 Å². The van der Waals surface area contributed by atoms with Crippen molar-refractivity contribution < 1.29 is 19.5 Å². The van der Waals surface area contributed by atoms with E-state index in [4.69, 9.17) is 10.1 Å². The summed E-state index contributed by atoms with van der Waals surface area (Å²) in [5.41, 5.74) is 0. The number of likely N-dealkylation sites (N-methyl/N-ethyl adjacent to an activating group) is 1. The fourth-order valence-electron chi connectivity index (χ4n) is 0.638. The quantitative estimate of drug-likeness (QED) is 0.328. The van der Waals surface area contributed by atoms with Gasteiger partial charge in [0.15, 0.2) is 0 Å². The number of hydrogen-bond acceptors (Lipinski definition) is 4. The maximum atomic E-state index is 10.9. The van der Waals surface area contributed by atoms with E-state index in [0.717, 1.165) is 0 Å². The summed E-state index contributed by atoms with van der Waals surface area (Å²) in [5.74, 6) is -0.518. The standard InChI is InChI=1S/C6H15N2O4P/c1-3-8(10)6(9)4-7-5-13(2,11)12/h7,10H,3-5H2,1-2H3,(H,11,12). The summed E-state index contributed by atoms with van der Waals surface area (Å²) in [7, 11) is -3.12. The van der Waals surface area contributed by atoms with Gasteiger partial charge in [-0.3, -0.25) is 19.9 Å². The molecule has 0 aromatic carbocycles. The van der Waals surface area contributed by atoms with Gasteiger partial charge in [0, 0.05) is 13.2 Å². The second-order valence-electron chi connectivity index (χ2n) is 2.75. The van der Waals surface area contributed by atoms with Crippen molar-refractivity contribution in [2.45, 2.75) is 6.92 Å². The Labute approximate surface area is 77.0 Å². The molecule has 0 aliphatic heterocycles. The summed E-state index contributed by atoms with van der Waals surface area (Å²) in [6.45, 7) is 2.88. The van der Waals surface area contributed by atoms with E-state index in [1.54, 1.807) is 6.92 Å². The molecule has 0 fully saturated rings. The van der Waals surface area contributed by atoms with E-state index in [-0.39, 0.29) is 19.4 Å². The van der Waals surface area contributed by atoms with Crippen LogP contribution in [0.1, 0.15) is 6.92 Å². The van der Waals surface area contributed by atoms with Crippen LogP contribution in [0.4, 0.5) is 0 Å². The van der Waals surface area contributed by atoms with E-state index in [0.29, 0.717) is 5.06 Å². The SMILES string of the molecule is CCN(O)C(=O)CNCP(C)(=O)O. The minimum absolute atomic E-state index is 0.129. The molecule has 0 saturated carbocycles. The highest BCUT2D eigenvalue weighted by Gasteiger charge is 2.12. The largest absolute Gasteiger partial charge is 0.344 e. The Hall–Kier alpha value is -0.420. The van der Waals surface area contributed by atoms with Crippen LogP contribution in [0.2, 0.25) is 0 Å². The number of hydroxylamine groups is 2. The first-order valence-electron chi connectivity index (χ1n) is 3.86. The first-order valence-corrected chi connectivity index (χ1v) is 6.15. The molecule has 13 heavy (non-hydrogen) atoms. The lowest BCUT2D eigenvalue weighted by atomic mass is 10.5. The third-order valence-electron chi connectivity index (χ3n) is 1.27. The van der Waals surface area contributed by atoms with Crippen molar-refractivity contribution in [3.05, 3.63) is 0 Å². The molecule has 0 rings (SSSR count). The maximum Gasteiger partial charge on any atom is 0.259 e. The van der Waals surface area contributed by atoms with Crippen LogP contribution in [0.3, 0.4) is 0 Å². The number of rotatable bonds is 5. The molecule has 0 aliphatic rings. The lowest BCUT2D eigenvalue weighted by molar-refractivity contribution is -0.163. The van der Waals surface area contributed by atoms with Gasteiger partial charge in [-0.1, -0.05) is 0 Å². The van der Waals surface area contributed by atoms with Crippen molar-refractivity contribution in [2.24, 2.45) is 0 Å². The summed E-state index contributed by atoms with van der Waals surface area (Å²) >= 11 is 0. The van der Waals surface area contributed by atoms with Gasteiger partial charge in [-0.15, -0.1) is 0 Å². The topological polar surface area (TPSA) is 89.9 Å². The summed E-state index contributed by atoms with van der Waals surface area (Å²) in [6, 6.07) is 0. The predicted octanol–water partition coefficient (Wildman–Crippen LogP) is -0.329. The van der Waals surface area contributed by atoms with Gasteiger partial charge < -0.3 is 4.89 Å². The molecule has 0 bridgehead atoms. The van der Waals surface area contributed by atoms with Gasteiger partial charge in [-0.25, -0.2) is 5.06 Å². The van der Waals surface area contributed by atoms with Crippen LogP contribution in [0.15, 0.2) is 0 Å². The van der Waals surface area contributed by atoms with Crippen LogP contribution < -0.4 is 5.32 Å². The minimum atomic E-state index is -3.12. The lowest BCUT2D eigenvalue weighted by Crippen LogP contribution is -2.36. The van der Waals surface area contributed by atoms with Crippen LogP contribution in [0.5, 0.6) is 0 Å². The third kappa shape index (κ3) is 6.72. The number of nitrogens with zero attached hydrogens (tertiary/aromatic N) is 1. The second kappa shape index (κ2) is 5.34.